The summed E-state index contributed by atoms with van der Waals surface area (Å²) in [4.78, 5) is 12.7. The van der Waals surface area contributed by atoms with E-state index in [0.29, 0.717) is 19.0 Å². The minimum atomic E-state index is 0.547. The Bertz CT molecular complexity index is 555. The fourth-order valence-corrected chi connectivity index (χ4v) is 5.03. The molecule has 4 heteroatoms. The van der Waals surface area contributed by atoms with E-state index in [2.05, 4.69) is 29.2 Å². The summed E-state index contributed by atoms with van der Waals surface area (Å²) in [5.74, 6) is 2.34. The van der Waals surface area contributed by atoms with Gasteiger partial charge in [-0.15, -0.1) is 0 Å². The van der Waals surface area contributed by atoms with E-state index in [9.17, 15) is 4.79 Å². The molecule has 2 unspecified atom stereocenters. The average Bonchev–Trinajstić information content (AvgIpc) is 2.68. The summed E-state index contributed by atoms with van der Waals surface area (Å²) in [6.45, 7) is 5.48. The van der Waals surface area contributed by atoms with Crippen molar-refractivity contribution < 1.29 is 9.53 Å². The maximum atomic E-state index is 10.2. The number of hydrogen-bond donors (Lipinski definition) is 1. The van der Waals surface area contributed by atoms with Crippen molar-refractivity contribution in [1.29, 1.82) is 0 Å². The molecule has 0 spiro atoms. The van der Waals surface area contributed by atoms with E-state index >= 15 is 0 Å². The molecule has 1 aromatic rings. The Morgan fingerprint density at radius 3 is 2.73 bits per heavy atom. The van der Waals surface area contributed by atoms with Crippen LogP contribution in [0.1, 0.15) is 55.6 Å². The standard InChI is InChI=1S/C22H34N2O2/c23-10-7-20-16-21(15-19-5-1-2-6-22(19)20)18-8-12-24(13-9-18)11-3-4-14-26-17-25/h1-2,5-6,17-18,20-21H,3-4,7-16,23H2. The second kappa shape index (κ2) is 10.1. The van der Waals surface area contributed by atoms with Gasteiger partial charge in [-0.05, 0) is 100 Å². The number of ether oxygens (including phenoxy) is 1. The van der Waals surface area contributed by atoms with E-state index in [1.807, 2.05) is 0 Å². The number of fused-ring (bicyclic) bond motifs is 1. The van der Waals surface area contributed by atoms with Gasteiger partial charge in [-0.1, -0.05) is 24.3 Å². The summed E-state index contributed by atoms with van der Waals surface area (Å²) >= 11 is 0. The lowest BCUT2D eigenvalue weighted by Crippen LogP contribution is -2.38. The summed E-state index contributed by atoms with van der Waals surface area (Å²) in [7, 11) is 0. The van der Waals surface area contributed by atoms with Crippen LogP contribution in [-0.2, 0) is 16.0 Å². The van der Waals surface area contributed by atoms with Crippen LogP contribution < -0.4 is 5.73 Å². The van der Waals surface area contributed by atoms with Crippen molar-refractivity contribution in [2.75, 3.05) is 32.8 Å². The van der Waals surface area contributed by atoms with Gasteiger partial charge in [0, 0.05) is 0 Å². The van der Waals surface area contributed by atoms with E-state index in [1.165, 1.54) is 38.8 Å². The van der Waals surface area contributed by atoms with E-state index < -0.39 is 0 Å². The van der Waals surface area contributed by atoms with Crippen LogP contribution in [0.15, 0.2) is 24.3 Å². The molecule has 1 fully saturated rings. The zero-order valence-electron chi connectivity index (χ0n) is 15.9. The molecule has 3 rings (SSSR count). The van der Waals surface area contributed by atoms with Crippen LogP contribution in [0.5, 0.6) is 0 Å². The van der Waals surface area contributed by atoms with Gasteiger partial charge in [0.2, 0.25) is 0 Å². The highest BCUT2D eigenvalue weighted by Gasteiger charge is 2.33. The van der Waals surface area contributed by atoms with Crippen LogP contribution in [-0.4, -0.2) is 44.2 Å². The Labute approximate surface area is 158 Å². The molecule has 2 N–H and O–H groups in total. The maximum absolute atomic E-state index is 10.2. The third kappa shape index (κ3) is 5.08. The lowest BCUT2D eigenvalue weighted by atomic mass is 9.69. The van der Waals surface area contributed by atoms with Crippen LogP contribution in [0, 0.1) is 11.8 Å². The fraction of sp³-hybridized carbons (Fsp3) is 0.682. The average molecular weight is 359 g/mol. The van der Waals surface area contributed by atoms with Crippen molar-refractivity contribution in [3.63, 3.8) is 0 Å². The van der Waals surface area contributed by atoms with Gasteiger partial charge in [-0.3, -0.25) is 4.79 Å². The van der Waals surface area contributed by atoms with Gasteiger partial charge in [-0.2, -0.15) is 0 Å². The van der Waals surface area contributed by atoms with Crippen molar-refractivity contribution in [3.8, 4) is 0 Å². The van der Waals surface area contributed by atoms with Gasteiger partial charge in [0.15, 0.2) is 0 Å². The van der Waals surface area contributed by atoms with Gasteiger partial charge in [-0.25, -0.2) is 0 Å². The highest BCUT2D eigenvalue weighted by molar-refractivity contribution is 5.36. The van der Waals surface area contributed by atoms with Gasteiger partial charge in [0.25, 0.3) is 6.47 Å². The number of unbranched alkanes of at least 4 members (excludes halogenated alkanes) is 1. The Morgan fingerprint density at radius 1 is 1.15 bits per heavy atom. The number of nitrogens with two attached hydrogens (primary N) is 1. The van der Waals surface area contributed by atoms with Crippen molar-refractivity contribution in [2.45, 2.75) is 50.9 Å². The van der Waals surface area contributed by atoms with Crippen LogP contribution in [0.4, 0.5) is 0 Å². The summed E-state index contributed by atoms with van der Waals surface area (Å²) in [5, 5.41) is 0. The molecule has 1 aliphatic carbocycles. The number of rotatable bonds is 9. The summed E-state index contributed by atoms with van der Waals surface area (Å²) in [6.07, 6.45) is 8.44. The SMILES string of the molecule is NCCC1CC(C2CCN(CCCCOC=O)CC2)Cc2ccccc21. The van der Waals surface area contributed by atoms with Crippen LogP contribution in [0.2, 0.25) is 0 Å². The number of carbonyl (C=O) groups excluding carboxylic acids is 1. The van der Waals surface area contributed by atoms with Gasteiger partial charge in [0.1, 0.15) is 0 Å². The van der Waals surface area contributed by atoms with Crippen LogP contribution in [0.25, 0.3) is 0 Å². The minimum Gasteiger partial charge on any atom is -0.468 e. The number of likely N-dealkylation sites (tertiary alicyclic amines) is 1. The first kappa shape index (κ1) is 19.4. The molecule has 1 aliphatic heterocycles. The lowest BCUT2D eigenvalue weighted by Gasteiger charge is -2.40. The zero-order chi connectivity index (χ0) is 18.2. The fourth-order valence-electron chi connectivity index (χ4n) is 5.03. The quantitative estimate of drug-likeness (QED) is 0.543. The van der Waals surface area contributed by atoms with E-state index in [0.717, 1.165) is 44.2 Å². The summed E-state index contributed by atoms with van der Waals surface area (Å²) < 4.78 is 4.77. The maximum Gasteiger partial charge on any atom is 0.293 e. The van der Waals surface area contributed by atoms with Crippen LogP contribution >= 0.6 is 0 Å². The molecule has 4 nitrogen and oxygen atoms in total. The Balaban J connectivity index is 1.48. The molecule has 0 radical (unpaired) electrons. The second-order valence-electron chi connectivity index (χ2n) is 8.03. The van der Waals surface area contributed by atoms with Crippen molar-refractivity contribution in [1.82, 2.24) is 4.90 Å². The molecule has 1 saturated heterocycles. The minimum absolute atomic E-state index is 0.547. The molecule has 0 amide bonds. The first-order chi connectivity index (χ1) is 12.8. The third-order valence-corrected chi connectivity index (χ3v) is 6.43. The van der Waals surface area contributed by atoms with Crippen molar-refractivity contribution in [3.05, 3.63) is 35.4 Å². The molecule has 2 atom stereocenters. The first-order valence-electron chi connectivity index (χ1n) is 10.4. The number of piperidine rings is 1. The highest BCUT2D eigenvalue weighted by Crippen LogP contribution is 2.42. The van der Waals surface area contributed by atoms with E-state index in [-0.39, 0.29) is 0 Å². The van der Waals surface area contributed by atoms with Crippen molar-refractivity contribution in [2.24, 2.45) is 17.6 Å². The highest BCUT2D eigenvalue weighted by atomic mass is 16.5. The van der Waals surface area contributed by atoms with E-state index in [4.69, 9.17) is 10.5 Å². The predicted molar refractivity (Wildman–Crippen MR) is 105 cm³/mol. The summed E-state index contributed by atoms with van der Waals surface area (Å²) in [5.41, 5.74) is 9.03. The monoisotopic (exact) mass is 358 g/mol. The third-order valence-electron chi connectivity index (χ3n) is 6.43. The molecular formula is C22H34N2O2. The van der Waals surface area contributed by atoms with Gasteiger partial charge in [0.05, 0.1) is 6.61 Å². The molecule has 144 valence electrons. The molecule has 0 aromatic heterocycles. The van der Waals surface area contributed by atoms with Crippen molar-refractivity contribution >= 4 is 6.47 Å². The van der Waals surface area contributed by atoms with Gasteiger partial charge >= 0.3 is 0 Å². The molecule has 1 heterocycles. The molecule has 2 aliphatic rings. The van der Waals surface area contributed by atoms with Gasteiger partial charge < -0.3 is 15.4 Å². The van der Waals surface area contributed by atoms with E-state index in [1.54, 1.807) is 11.1 Å². The lowest BCUT2D eigenvalue weighted by molar-refractivity contribution is -0.128. The molecule has 0 bridgehead atoms. The Morgan fingerprint density at radius 2 is 1.96 bits per heavy atom. The van der Waals surface area contributed by atoms with Crippen LogP contribution in [0.3, 0.4) is 0 Å². The molecule has 0 saturated carbocycles. The molecule has 1 aromatic carbocycles. The molecule has 26 heavy (non-hydrogen) atoms. The zero-order valence-corrected chi connectivity index (χ0v) is 15.9. The smallest absolute Gasteiger partial charge is 0.293 e. The Hall–Kier alpha value is -1.39. The number of nitrogens with zero attached hydrogens (tertiary/aromatic N) is 1. The largest absolute Gasteiger partial charge is 0.468 e. The topological polar surface area (TPSA) is 55.6 Å². The number of hydrogen-bond acceptors (Lipinski definition) is 4. The predicted octanol–water partition coefficient (Wildman–Crippen LogP) is 3.35. The normalized spacial score (nSPS) is 24.2. The Kier molecular flexibility index (Phi) is 7.51. The first-order valence-corrected chi connectivity index (χ1v) is 10.4. The number of carbonyl (C=O) groups is 1. The molecular weight excluding hydrogens is 324 g/mol. The summed E-state index contributed by atoms with van der Waals surface area (Å²) in [6, 6.07) is 9.03. The second-order valence-corrected chi connectivity index (χ2v) is 8.03. The number of benzene rings is 1.